The molecule has 0 unspecified atom stereocenters. The summed E-state index contributed by atoms with van der Waals surface area (Å²) in [6, 6.07) is 4.51. The first-order valence-corrected chi connectivity index (χ1v) is 7.73. The molecule has 110 valence electrons. The van der Waals surface area contributed by atoms with Gasteiger partial charge in [-0.25, -0.2) is 4.39 Å². The van der Waals surface area contributed by atoms with E-state index in [1.807, 2.05) is 0 Å². The van der Waals surface area contributed by atoms with Gasteiger partial charge in [0.25, 0.3) is 0 Å². The Morgan fingerprint density at radius 1 is 1.50 bits per heavy atom. The number of hydrogen-bond acceptors (Lipinski definition) is 2. The number of anilines is 1. The van der Waals surface area contributed by atoms with Crippen LogP contribution in [0.25, 0.3) is 0 Å². The number of hydrogen-bond donors (Lipinski definition) is 2. The fourth-order valence-corrected chi connectivity index (χ4v) is 3.05. The third kappa shape index (κ3) is 3.20. The molecule has 0 aliphatic heterocycles. The zero-order valence-electron chi connectivity index (χ0n) is 11.6. The van der Waals surface area contributed by atoms with Crippen LogP contribution in [0.2, 0.25) is 0 Å². The molecule has 5 heteroatoms. The molecule has 1 saturated carbocycles. The smallest absolute Gasteiger partial charge is 0.231 e. The van der Waals surface area contributed by atoms with Crippen molar-refractivity contribution in [3.8, 4) is 0 Å². The van der Waals surface area contributed by atoms with E-state index >= 15 is 0 Å². The maximum Gasteiger partial charge on any atom is 0.231 e. The molecule has 3 N–H and O–H groups in total. The van der Waals surface area contributed by atoms with E-state index in [1.165, 1.54) is 6.07 Å². The third-order valence-electron chi connectivity index (χ3n) is 4.28. The van der Waals surface area contributed by atoms with Crippen LogP contribution in [-0.4, -0.2) is 12.5 Å². The molecule has 3 nitrogen and oxygen atoms in total. The molecule has 1 aliphatic rings. The van der Waals surface area contributed by atoms with Crippen LogP contribution in [-0.2, 0) is 4.79 Å². The van der Waals surface area contributed by atoms with Gasteiger partial charge in [0.1, 0.15) is 5.82 Å². The molecule has 1 amide bonds. The van der Waals surface area contributed by atoms with Gasteiger partial charge in [0.2, 0.25) is 5.91 Å². The van der Waals surface area contributed by atoms with Crippen LogP contribution in [0.15, 0.2) is 22.7 Å². The van der Waals surface area contributed by atoms with Crippen LogP contribution < -0.4 is 11.1 Å². The number of carbonyl (C=O) groups excluding carboxylic acids is 1. The Bertz CT molecular complexity index is 499. The van der Waals surface area contributed by atoms with Gasteiger partial charge >= 0.3 is 0 Å². The van der Waals surface area contributed by atoms with Crippen LogP contribution in [0.3, 0.4) is 0 Å². The summed E-state index contributed by atoms with van der Waals surface area (Å²) in [5, 5.41) is 2.70. The monoisotopic (exact) mass is 342 g/mol. The van der Waals surface area contributed by atoms with Crippen molar-refractivity contribution < 1.29 is 9.18 Å². The van der Waals surface area contributed by atoms with Crippen molar-refractivity contribution in [2.75, 3.05) is 11.9 Å². The molecule has 0 heterocycles. The van der Waals surface area contributed by atoms with Gasteiger partial charge < -0.3 is 11.1 Å². The highest BCUT2D eigenvalue weighted by atomic mass is 79.9. The minimum Gasteiger partial charge on any atom is -0.329 e. The molecule has 0 aromatic heterocycles. The summed E-state index contributed by atoms with van der Waals surface area (Å²) in [4.78, 5) is 12.5. The molecule has 0 spiro atoms. The van der Waals surface area contributed by atoms with E-state index in [9.17, 15) is 9.18 Å². The first-order chi connectivity index (χ1) is 9.47. The first-order valence-electron chi connectivity index (χ1n) is 6.93. The average Bonchev–Trinajstić information content (AvgIpc) is 2.44. The predicted molar refractivity (Wildman–Crippen MR) is 81.8 cm³/mol. The summed E-state index contributed by atoms with van der Waals surface area (Å²) in [6.45, 7) is 2.49. The average molecular weight is 343 g/mol. The van der Waals surface area contributed by atoms with E-state index in [1.54, 1.807) is 12.1 Å². The maximum atomic E-state index is 13.7. The molecule has 1 aromatic rings. The van der Waals surface area contributed by atoms with Gasteiger partial charge in [-0.05, 0) is 49.8 Å². The molecular weight excluding hydrogens is 323 g/mol. The van der Waals surface area contributed by atoms with Gasteiger partial charge in [0.05, 0.1) is 11.1 Å². The molecular formula is C15H20BrFN2O. The van der Waals surface area contributed by atoms with E-state index in [0.717, 1.165) is 30.2 Å². The van der Waals surface area contributed by atoms with Crippen molar-refractivity contribution in [3.05, 3.63) is 28.5 Å². The number of carbonyl (C=O) groups is 1. The highest BCUT2D eigenvalue weighted by Crippen LogP contribution is 2.39. The highest BCUT2D eigenvalue weighted by Gasteiger charge is 2.40. The molecule has 20 heavy (non-hydrogen) atoms. The summed E-state index contributed by atoms with van der Waals surface area (Å²) in [6.07, 6.45) is 3.52. The lowest BCUT2D eigenvalue weighted by molar-refractivity contribution is -0.127. The highest BCUT2D eigenvalue weighted by molar-refractivity contribution is 9.10. The van der Waals surface area contributed by atoms with Crippen molar-refractivity contribution in [2.45, 2.75) is 32.6 Å². The van der Waals surface area contributed by atoms with Crippen molar-refractivity contribution >= 4 is 27.5 Å². The number of rotatable bonds is 3. The van der Waals surface area contributed by atoms with Crippen molar-refractivity contribution in [3.63, 3.8) is 0 Å². The van der Waals surface area contributed by atoms with Crippen molar-refractivity contribution in [1.29, 1.82) is 0 Å². The Labute approximate surface area is 127 Å². The summed E-state index contributed by atoms with van der Waals surface area (Å²) in [7, 11) is 0. The quantitative estimate of drug-likeness (QED) is 0.880. The maximum absolute atomic E-state index is 13.7. The van der Waals surface area contributed by atoms with Gasteiger partial charge in [-0.3, -0.25) is 4.79 Å². The molecule has 2 rings (SSSR count). The standard InChI is InChI=1S/C15H20BrFN2O/c1-10-4-6-15(9-18,7-5-10)14(20)19-13-8-11(16)2-3-12(13)17/h2-3,8,10H,4-7,9,18H2,1H3,(H,19,20). The fraction of sp³-hybridized carbons (Fsp3) is 0.533. The number of amides is 1. The Hall–Kier alpha value is -0.940. The van der Waals surface area contributed by atoms with Crippen LogP contribution in [0.5, 0.6) is 0 Å². The van der Waals surface area contributed by atoms with Crippen LogP contribution in [0.1, 0.15) is 32.6 Å². The zero-order valence-corrected chi connectivity index (χ0v) is 13.2. The Kier molecular flexibility index (Phi) is 4.81. The third-order valence-corrected chi connectivity index (χ3v) is 4.77. The lowest BCUT2D eigenvalue weighted by atomic mass is 9.70. The fourth-order valence-electron chi connectivity index (χ4n) is 2.69. The molecule has 0 bridgehead atoms. The largest absolute Gasteiger partial charge is 0.329 e. The van der Waals surface area contributed by atoms with E-state index in [2.05, 4.69) is 28.2 Å². The number of halogens is 2. The molecule has 0 radical (unpaired) electrons. The predicted octanol–water partition coefficient (Wildman–Crippen LogP) is 3.68. The number of nitrogens with one attached hydrogen (secondary N) is 1. The minimum absolute atomic E-state index is 0.163. The molecule has 0 saturated heterocycles. The molecule has 1 aromatic carbocycles. The SMILES string of the molecule is CC1CCC(CN)(C(=O)Nc2cc(Br)ccc2F)CC1. The van der Waals surface area contributed by atoms with Crippen LogP contribution in [0, 0.1) is 17.2 Å². The van der Waals surface area contributed by atoms with Gasteiger partial charge in [-0.2, -0.15) is 0 Å². The minimum atomic E-state index is -0.554. The topological polar surface area (TPSA) is 55.1 Å². The van der Waals surface area contributed by atoms with Crippen molar-refractivity contribution in [1.82, 2.24) is 0 Å². The van der Waals surface area contributed by atoms with Gasteiger partial charge in [-0.1, -0.05) is 22.9 Å². The molecule has 0 atom stereocenters. The number of benzene rings is 1. The van der Waals surface area contributed by atoms with Crippen molar-refractivity contribution in [2.24, 2.45) is 17.1 Å². The van der Waals surface area contributed by atoms with Crippen LogP contribution in [0.4, 0.5) is 10.1 Å². The Balaban J connectivity index is 2.15. The summed E-state index contributed by atoms with van der Waals surface area (Å²) in [5.74, 6) is 0.0341. The Morgan fingerprint density at radius 2 is 2.15 bits per heavy atom. The molecule has 1 aliphatic carbocycles. The second-order valence-electron chi connectivity index (χ2n) is 5.75. The lowest BCUT2D eigenvalue weighted by Crippen LogP contribution is -2.45. The van der Waals surface area contributed by atoms with E-state index < -0.39 is 11.2 Å². The van der Waals surface area contributed by atoms with Gasteiger partial charge in [-0.15, -0.1) is 0 Å². The van der Waals surface area contributed by atoms with E-state index in [0.29, 0.717) is 12.5 Å². The van der Waals surface area contributed by atoms with E-state index in [-0.39, 0.29) is 11.6 Å². The summed E-state index contributed by atoms with van der Waals surface area (Å²) >= 11 is 3.28. The molecule has 1 fully saturated rings. The van der Waals surface area contributed by atoms with Gasteiger partial charge in [0, 0.05) is 11.0 Å². The van der Waals surface area contributed by atoms with E-state index in [4.69, 9.17) is 5.73 Å². The second kappa shape index (κ2) is 6.22. The lowest BCUT2D eigenvalue weighted by Gasteiger charge is -2.37. The second-order valence-corrected chi connectivity index (χ2v) is 6.66. The Morgan fingerprint density at radius 3 is 2.75 bits per heavy atom. The zero-order chi connectivity index (χ0) is 14.8. The number of nitrogens with two attached hydrogens (primary N) is 1. The normalized spacial score (nSPS) is 26.3. The summed E-state index contributed by atoms with van der Waals surface area (Å²) in [5.41, 5.74) is 5.49. The van der Waals surface area contributed by atoms with Crippen LogP contribution >= 0.6 is 15.9 Å². The summed E-state index contributed by atoms with van der Waals surface area (Å²) < 4.78 is 14.5. The first kappa shape index (κ1) is 15.4. The van der Waals surface area contributed by atoms with Gasteiger partial charge in [0.15, 0.2) is 0 Å².